The van der Waals surface area contributed by atoms with Crippen LogP contribution in [0.3, 0.4) is 0 Å². The van der Waals surface area contributed by atoms with Crippen molar-refractivity contribution in [3.8, 4) is 0 Å². The van der Waals surface area contributed by atoms with E-state index < -0.39 is 22.0 Å². The third kappa shape index (κ3) is 6.53. The Morgan fingerprint density at radius 1 is 0.944 bits per heavy atom. The molecule has 1 amide bonds. The van der Waals surface area contributed by atoms with Crippen molar-refractivity contribution in [2.45, 2.75) is 45.6 Å². The average molecular weight is 527 g/mol. The summed E-state index contributed by atoms with van der Waals surface area (Å²) in [5, 5.41) is 3.13. The number of hydrogen-bond donors (Lipinski definition) is 1. The van der Waals surface area contributed by atoms with Gasteiger partial charge in [-0.05, 0) is 47.7 Å². The van der Waals surface area contributed by atoms with Gasteiger partial charge in [0.05, 0.1) is 11.9 Å². The summed E-state index contributed by atoms with van der Waals surface area (Å²) in [6.07, 6.45) is 1.28. The van der Waals surface area contributed by atoms with Crippen molar-refractivity contribution in [1.82, 2.24) is 0 Å². The molecule has 1 N–H and O–H groups in total. The topological polar surface area (TPSA) is 83.6 Å². The molecule has 0 radical (unpaired) electrons. The first-order valence-corrected chi connectivity index (χ1v) is 13.8. The first-order chi connectivity index (χ1) is 16.8. The minimum Gasteiger partial charge on any atom is -0.324 e. The Kier molecular flexibility index (Phi) is 8.26. The zero-order valence-electron chi connectivity index (χ0n) is 21.1. The van der Waals surface area contributed by atoms with Crippen LogP contribution in [0.2, 0.25) is 5.02 Å². The number of anilines is 2. The molecular formula is C28H31ClN2O4S. The molecule has 3 rings (SSSR count). The van der Waals surface area contributed by atoms with Gasteiger partial charge in [0, 0.05) is 21.8 Å². The summed E-state index contributed by atoms with van der Waals surface area (Å²) in [6.45, 7) is 8.05. The van der Waals surface area contributed by atoms with Crippen molar-refractivity contribution in [2.75, 3.05) is 15.9 Å². The fourth-order valence-electron chi connectivity index (χ4n) is 3.93. The molecule has 8 heteroatoms. The fraction of sp³-hybridized carbons (Fsp3) is 0.286. The molecule has 0 aliphatic rings. The Hall–Kier alpha value is -3.16. The summed E-state index contributed by atoms with van der Waals surface area (Å²) in [6, 6.07) is 19.4. The molecule has 3 aromatic carbocycles. The van der Waals surface area contributed by atoms with Crippen molar-refractivity contribution in [1.29, 1.82) is 0 Å². The highest BCUT2D eigenvalue weighted by Crippen LogP contribution is 2.27. The zero-order chi connectivity index (χ0) is 26.7. The summed E-state index contributed by atoms with van der Waals surface area (Å²) in [7, 11) is -3.80. The third-order valence-corrected chi connectivity index (χ3v) is 7.21. The molecule has 0 saturated carbocycles. The maximum Gasteiger partial charge on any atom is 0.248 e. The van der Waals surface area contributed by atoms with Gasteiger partial charge < -0.3 is 5.32 Å². The van der Waals surface area contributed by atoms with Gasteiger partial charge in [-0.3, -0.25) is 13.9 Å². The van der Waals surface area contributed by atoms with Crippen molar-refractivity contribution in [2.24, 2.45) is 0 Å². The van der Waals surface area contributed by atoms with Crippen molar-refractivity contribution < 1.29 is 18.0 Å². The molecule has 0 heterocycles. The van der Waals surface area contributed by atoms with E-state index in [-0.39, 0.29) is 17.6 Å². The molecular weight excluding hydrogens is 496 g/mol. The second kappa shape index (κ2) is 10.8. The van der Waals surface area contributed by atoms with Gasteiger partial charge in [0.15, 0.2) is 5.78 Å². The number of halogens is 1. The second-order valence-electron chi connectivity index (χ2n) is 9.69. The summed E-state index contributed by atoms with van der Waals surface area (Å²) in [4.78, 5) is 26.3. The highest BCUT2D eigenvalue weighted by Gasteiger charge is 2.31. The highest BCUT2D eigenvalue weighted by atomic mass is 35.5. The number of ketones is 1. The normalized spacial score (nSPS) is 12.6. The van der Waals surface area contributed by atoms with Gasteiger partial charge in [-0.15, -0.1) is 0 Å². The monoisotopic (exact) mass is 526 g/mol. The van der Waals surface area contributed by atoms with Crippen LogP contribution in [0.15, 0.2) is 72.8 Å². The van der Waals surface area contributed by atoms with Crippen molar-refractivity contribution >= 4 is 44.7 Å². The van der Waals surface area contributed by atoms with E-state index in [4.69, 9.17) is 11.6 Å². The van der Waals surface area contributed by atoms with E-state index in [0.29, 0.717) is 27.5 Å². The lowest BCUT2D eigenvalue weighted by Crippen LogP contribution is -2.47. The predicted octanol–water partition coefficient (Wildman–Crippen LogP) is 6.05. The summed E-state index contributed by atoms with van der Waals surface area (Å²) < 4.78 is 26.4. The Balaban J connectivity index is 1.85. The second-order valence-corrected chi connectivity index (χ2v) is 12.0. The number of nitrogens with zero attached hydrogens (tertiary/aromatic N) is 1. The van der Waals surface area contributed by atoms with E-state index in [1.54, 1.807) is 61.5 Å². The summed E-state index contributed by atoms with van der Waals surface area (Å²) >= 11 is 6.07. The van der Waals surface area contributed by atoms with Crippen LogP contribution in [-0.4, -0.2) is 32.4 Å². The van der Waals surface area contributed by atoms with Gasteiger partial charge in [-0.1, -0.05) is 81.8 Å². The Morgan fingerprint density at radius 3 is 2.14 bits per heavy atom. The number of sulfonamides is 1. The average Bonchev–Trinajstić information content (AvgIpc) is 2.80. The maximum absolute atomic E-state index is 13.2. The van der Waals surface area contributed by atoms with Gasteiger partial charge in [0.25, 0.3) is 0 Å². The van der Waals surface area contributed by atoms with Crippen molar-refractivity contribution in [3.05, 3.63) is 94.5 Å². The first kappa shape index (κ1) is 27.4. The van der Waals surface area contributed by atoms with E-state index in [1.165, 1.54) is 6.07 Å². The molecule has 0 aromatic heterocycles. The van der Waals surface area contributed by atoms with Gasteiger partial charge in [0.2, 0.25) is 15.9 Å². The third-order valence-electron chi connectivity index (χ3n) is 5.80. The predicted molar refractivity (Wildman–Crippen MR) is 146 cm³/mol. The van der Waals surface area contributed by atoms with Crippen molar-refractivity contribution in [3.63, 3.8) is 0 Å². The van der Waals surface area contributed by atoms with Gasteiger partial charge in [-0.2, -0.15) is 0 Å². The molecule has 0 spiro atoms. The number of nitrogens with one attached hydrogen (secondary N) is 1. The van der Waals surface area contributed by atoms with E-state index in [9.17, 15) is 18.0 Å². The van der Waals surface area contributed by atoms with Gasteiger partial charge in [-0.25, -0.2) is 8.42 Å². The molecule has 190 valence electrons. The molecule has 0 aliphatic carbocycles. The fourth-order valence-corrected chi connectivity index (χ4v) is 5.31. The molecule has 0 unspecified atom stereocenters. The minimum atomic E-state index is -3.80. The van der Waals surface area contributed by atoms with E-state index in [0.717, 1.165) is 16.1 Å². The number of hydrogen-bond acceptors (Lipinski definition) is 4. The first-order valence-electron chi connectivity index (χ1n) is 11.6. The molecule has 0 bridgehead atoms. The number of benzene rings is 3. The number of carbonyl (C=O) groups is 2. The molecule has 36 heavy (non-hydrogen) atoms. The number of amides is 1. The molecule has 0 saturated heterocycles. The SMILES string of the molecule is CC[C@@H](C(=O)Nc1cccc(C(=O)c2ccc(C(C)(C)C)cc2)c1)N(c1cccc(Cl)c1)S(C)(=O)=O. The van der Waals surface area contributed by atoms with Crippen LogP contribution in [0.1, 0.15) is 55.6 Å². The number of carbonyl (C=O) groups excluding carboxylic acids is 2. The Bertz CT molecular complexity index is 1360. The molecule has 0 fully saturated rings. The largest absolute Gasteiger partial charge is 0.324 e. The Labute approximate surface area is 218 Å². The Morgan fingerprint density at radius 2 is 1.58 bits per heavy atom. The highest BCUT2D eigenvalue weighted by molar-refractivity contribution is 7.92. The quantitative estimate of drug-likeness (QED) is 0.362. The van der Waals surface area contributed by atoms with Crippen LogP contribution < -0.4 is 9.62 Å². The van der Waals surface area contributed by atoms with Crippen LogP contribution in [-0.2, 0) is 20.2 Å². The van der Waals surface area contributed by atoms with E-state index in [2.05, 4.69) is 26.1 Å². The maximum atomic E-state index is 13.2. The lowest BCUT2D eigenvalue weighted by atomic mass is 9.86. The van der Waals surface area contributed by atoms with Crippen LogP contribution in [0.5, 0.6) is 0 Å². The van der Waals surface area contributed by atoms with Crippen LogP contribution >= 0.6 is 11.6 Å². The van der Waals surface area contributed by atoms with Gasteiger partial charge >= 0.3 is 0 Å². The van der Waals surface area contributed by atoms with Gasteiger partial charge in [0.1, 0.15) is 6.04 Å². The van der Waals surface area contributed by atoms with E-state index in [1.807, 2.05) is 12.1 Å². The number of rotatable bonds is 8. The standard InChI is InChI=1S/C28H31ClN2O4S/c1-6-25(31(36(5,34)35)24-12-8-10-22(29)18-24)27(33)30-23-11-7-9-20(17-23)26(32)19-13-15-21(16-14-19)28(2,3)4/h7-18,25H,6H2,1-5H3,(H,30,33)/t25-/m0/s1. The molecule has 6 nitrogen and oxygen atoms in total. The van der Waals surface area contributed by atoms with Crippen LogP contribution in [0, 0.1) is 0 Å². The lowest BCUT2D eigenvalue weighted by molar-refractivity contribution is -0.117. The smallest absolute Gasteiger partial charge is 0.248 e. The van der Waals surface area contributed by atoms with Crippen LogP contribution in [0.25, 0.3) is 0 Å². The minimum absolute atomic E-state index is 0.0213. The summed E-state index contributed by atoms with van der Waals surface area (Å²) in [5.74, 6) is -0.683. The van der Waals surface area contributed by atoms with Crippen LogP contribution in [0.4, 0.5) is 11.4 Å². The molecule has 1 atom stereocenters. The summed E-state index contributed by atoms with van der Waals surface area (Å²) in [5.41, 5.74) is 2.76. The van der Waals surface area contributed by atoms with E-state index >= 15 is 0 Å². The lowest BCUT2D eigenvalue weighted by Gasteiger charge is -2.30. The molecule has 3 aromatic rings. The molecule has 0 aliphatic heterocycles. The zero-order valence-corrected chi connectivity index (χ0v) is 22.7.